The molecule has 0 bridgehead atoms. The number of hydrogen-bond acceptors (Lipinski definition) is 6. The molecule has 2 amide bonds. The molecule has 2 N–H and O–H groups in total. The maximum absolute atomic E-state index is 12.9. The van der Waals surface area contributed by atoms with E-state index in [0.717, 1.165) is 5.56 Å². The summed E-state index contributed by atoms with van der Waals surface area (Å²) in [5.41, 5.74) is 2.04. The Bertz CT molecular complexity index is 1200. The summed E-state index contributed by atoms with van der Waals surface area (Å²) in [6, 6.07) is 12.2. The van der Waals surface area contributed by atoms with Crippen molar-refractivity contribution in [3.63, 3.8) is 0 Å². The number of methoxy groups -OCH3 is 1. The summed E-state index contributed by atoms with van der Waals surface area (Å²) < 4.78 is 7.14. The predicted octanol–water partition coefficient (Wildman–Crippen LogP) is 5.03. The second kappa shape index (κ2) is 12.1. The van der Waals surface area contributed by atoms with Crippen molar-refractivity contribution in [2.75, 3.05) is 18.2 Å². The van der Waals surface area contributed by atoms with Gasteiger partial charge in [-0.3, -0.25) is 9.59 Å². The Morgan fingerprint density at radius 1 is 1.17 bits per heavy atom. The van der Waals surface area contributed by atoms with Crippen LogP contribution >= 0.6 is 23.4 Å². The Hall–Kier alpha value is -3.04. The number of nitrogens with one attached hydrogen (secondary N) is 2. The Morgan fingerprint density at radius 2 is 1.91 bits per heavy atom. The van der Waals surface area contributed by atoms with Crippen molar-refractivity contribution in [3.8, 4) is 5.75 Å². The predicted molar refractivity (Wildman–Crippen MR) is 139 cm³/mol. The van der Waals surface area contributed by atoms with Crippen molar-refractivity contribution in [2.45, 2.75) is 38.4 Å². The fourth-order valence-electron chi connectivity index (χ4n) is 3.57. The van der Waals surface area contributed by atoms with E-state index in [0.29, 0.717) is 45.3 Å². The molecule has 1 heterocycles. The van der Waals surface area contributed by atoms with Crippen LogP contribution in [-0.2, 0) is 11.8 Å². The summed E-state index contributed by atoms with van der Waals surface area (Å²) >= 11 is 7.47. The zero-order chi connectivity index (χ0) is 25.5. The minimum Gasteiger partial charge on any atom is -0.495 e. The first-order valence-corrected chi connectivity index (χ1v) is 12.6. The fourth-order valence-corrected chi connectivity index (χ4v) is 4.51. The lowest BCUT2D eigenvalue weighted by atomic mass is 10.0. The highest BCUT2D eigenvalue weighted by molar-refractivity contribution is 7.99. The van der Waals surface area contributed by atoms with Crippen molar-refractivity contribution >= 4 is 40.9 Å². The van der Waals surface area contributed by atoms with Gasteiger partial charge in [0.05, 0.1) is 35.2 Å². The number of halogens is 1. The van der Waals surface area contributed by atoms with Crippen LogP contribution in [-0.4, -0.2) is 39.4 Å². The Balaban J connectivity index is 1.70. The fraction of sp³-hybridized carbons (Fsp3) is 0.360. The summed E-state index contributed by atoms with van der Waals surface area (Å²) in [5.74, 6) is 1.20. The zero-order valence-electron chi connectivity index (χ0n) is 20.5. The van der Waals surface area contributed by atoms with Crippen LogP contribution in [0.5, 0.6) is 5.75 Å². The summed E-state index contributed by atoms with van der Waals surface area (Å²) in [6.07, 6.45) is 0.667. The number of anilines is 1. The van der Waals surface area contributed by atoms with E-state index in [1.54, 1.807) is 31.4 Å². The first kappa shape index (κ1) is 26.6. The Kier molecular flexibility index (Phi) is 9.17. The van der Waals surface area contributed by atoms with Gasteiger partial charge < -0.3 is 19.9 Å². The van der Waals surface area contributed by atoms with E-state index >= 15 is 0 Å². The van der Waals surface area contributed by atoms with E-state index in [9.17, 15) is 9.59 Å². The molecule has 0 aliphatic rings. The number of ether oxygens (including phenoxy) is 1. The van der Waals surface area contributed by atoms with Crippen LogP contribution in [0.25, 0.3) is 0 Å². The molecule has 0 unspecified atom stereocenters. The van der Waals surface area contributed by atoms with E-state index in [4.69, 9.17) is 16.3 Å². The highest BCUT2D eigenvalue weighted by Gasteiger charge is 2.24. The van der Waals surface area contributed by atoms with Crippen LogP contribution in [0.3, 0.4) is 0 Å². The van der Waals surface area contributed by atoms with Gasteiger partial charge in [0.25, 0.3) is 5.91 Å². The van der Waals surface area contributed by atoms with Gasteiger partial charge in [0.2, 0.25) is 5.91 Å². The number of aryl methyl sites for hydroxylation is 1. The number of carbonyl (C=O) groups excluding carboxylic acids is 2. The number of nitrogens with zero attached hydrogens (tertiary/aromatic N) is 3. The van der Waals surface area contributed by atoms with Crippen LogP contribution < -0.4 is 15.4 Å². The van der Waals surface area contributed by atoms with Crippen LogP contribution in [0.4, 0.5) is 5.69 Å². The van der Waals surface area contributed by atoms with Gasteiger partial charge in [-0.1, -0.05) is 55.4 Å². The van der Waals surface area contributed by atoms with Gasteiger partial charge in [-0.15, -0.1) is 10.2 Å². The molecule has 35 heavy (non-hydrogen) atoms. The molecular formula is C25H30ClN5O3S. The quantitative estimate of drug-likeness (QED) is 0.367. The molecule has 0 aliphatic heterocycles. The van der Waals surface area contributed by atoms with Crippen molar-refractivity contribution in [2.24, 2.45) is 13.0 Å². The molecule has 0 spiro atoms. The second-order valence-electron chi connectivity index (χ2n) is 8.58. The largest absolute Gasteiger partial charge is 0.495 e. The van der Waals surface area contributed by atoms with Crippen LogP contribution in [0.15, 0.2) is 47.6 Å². The summed E-state index contributed by atoms with van der Waals surface area (Å²) in [7, 11) is 3.39. The number of hydrogen-bond donors (Lipinski definition) is 2. The average molecular weight is 516 g/mol. The molecule has 8 nitrogen and oxygen atoms in total. The molecule has 186 valence electrons. The lowest BCUT2D eigenvalue weighted by Crippen LogP contribution is -2.31. The maximum atomic E-state index is 12.9. The highest BCUT2D eigenvalue weighted by Crippen LogP contribution is 2.27. The van der Waals surface area contributed by atoms with E-state index in [1.165, 1.54) is 11.8 Å². The van der Waals surface area contributed by atoms with Crippen LogP contribution in [0, 0.1) is 12.8 Å². The zero-order valence-corrected chi connectivity index (χ0v) is 22.0. The van der Waals surface area contributed by atoms with Gasteiger partial charge in [0.15, 0.2) is 11.0 Å². The molecular weight excluding hydrogens is 486 g/mol. The number of aromatic nitrogens is 3. The smallest absolute Gasteiger partial charge is 0.253 e. The summed E-state index contributed by atoms with van der Waals surface area (Å²) in [5, 5.41) is 15.5. The monoisotopic (exact) mass is 515 g/mol. The third kappa shape index (κ3) is 6.99. The molecule has 3 rings (SSSR count). The summed E-state index contributed by atoms with van der Waals surface area (Å²) in [4.78, 5) is 25.5. The van der Waals surface area contributed by atoms with Crippen LogP contribution in [0.2, 0.25) is 5.02 Å². The van der Waals surface area contributed by atoms with Crippen molar-refractivity contribution in [1.82, 2.24) is 20.1 Å². The third-order valence-electron chi connectivity index (χ3n) is 5.27. The molecule has 10 heteroatoms. The highest BCUT2D eigenvalue weighted by atomic mass is 35.5. The van der Waals surface area contributed by atoms with E-state index in [-0.39, 0.29) is 23.6 Å². The normalized spacial score (nSPS) is 11.9. The third-order valence-corrected chi connectivity index (χ3v) is 6.62. The lowest BCUT2D eigenvalue weighted by Gasteiger charge is -2.20. The van der Waals surface area contributed by atoms with Crippen molar-refractivity contribution in [3.05, 3.63) is 64.4 Å². The van der Waals surface area contributed by atoms with E-state index in [1.807, 2.05) is 36.7 Å². The van der Waals surface area contributed by atoms with E-state index < -0.39 is 0 Å². The molecule has 0 saturated heterocycles. The number of thioether (sulfide) groups is 1. The molecule has 3 aromatic rings. The minimum absolute atomic E-state index is 0.143. The van der Waals surface area contributed by atoms with Gasteiger partial charge in [-0.05, 0) is 49.1 Å². The lowest BCUT2D eigenvalue weighted by molar-refractivity contribution is -0.113. The Labute approximate surface area is 214 Å². The van der Waals surface area contributed by atoms with Gasteiger partial charge >= 0.3 is 0 Å². The van der Waals surface area contributed by atoms with Crippen molar-refractivity contribution < 1.29 is 14.3 Å². The van der Waals surface area contributed by atoms with Gasteiger partial charge in [0.1, 0.15) is 5.75 Å². The standard InChI is InChI=1S/C25H30ClN5O3S/c1-15(2)12-20(28-24(33)17-8-6-7-9-18(17)26)23-29-30-25(31(23)4)35-14-22(32)27-19-13-16(3)10-11-21(19)34-5/h6-11,13,15,20H,12,14H2,1-5H3,(H,27,32)(H,28,33)/t20-/m1/s1. The number of carbonyl (C=O) groups is 2. The molecule has 1 atom stereocenters. The SMILES string of the molecule is COc1ccc(C)cc1NC(=O)CSc1nnc([C@@H](CC(C)C)NC(=O)c2ccccc2Cl)n1C. The van der Waals surface area contributed by atoms with Crippen molar-refractivity contribution in [1.29, 1.82) is 0 Å². The second-order valence-corrected chi connectivity index (χ2v) is 9.93. The first-order valence-electron chi connectivity index (χ1n) is 11.2. The van der Waals surface area contributed by atoms with Gasteiger partial charge in [-0.2, -0.15) is 0 Å². The Morgan fingerprint density at radius 3 is 2.60 bits per heavy atom. The molecule has 0 saturated carbocycles. The first-order chi connectivity index (χ1) is 16.7. The summed E-state index contributed by atoms with van der Waals surface area (Å²) in [6.45, 7) is 6.10. The molecule has 0 radical (unpaired) electrons. The van der Waals surface area contributed by atoms with Gasteiger partial charge in [0, 0.05) is 7.05 Å². The van der Waals surface area contributed by atoms with Crippen LogP contribution in [0.1, 0.15) is 48.1 Å². The number of rotatable bonds is 10. The topological polar surface area (TPSA) is 98.1 Å². The number of benzene rings is 2. The minimum atomic E-state index is -0.365. The van der Waals surface area contributed by atoms with E-state index in [2.05, 4.69) is 34.7 Å². The molecule has 0 fully saturated rings. The molecule has 2 aromatic carbocycles. The maximum Gasteiger partial charge on any atom is 0.253 e. The number of amides is 2. The molecule has 1 aromatic heterocycles. The van der Waals surface area contributed by atoms with Gasteiger partial charge in [-0.25, -0.2) is 0 Å². The average Bonchev–Trinajstić information content (AvgIpc) is 3.17. The molecule has 0 aliphatic carbocycles.